The van der Waals surface area contributed by atoms with Gasteiger partial charge in [0.1, 0.15) is 11.9 Å². The topological polar surface area (TPSA) is 62.0 Å². The molecule has 0 bridgehead atoms. The fraction of sp³-hybridized carbons (Fsp3) is 0.583. The summed E-state index contributed by atoms with van der Waals surface area (Å²) in [6.45, 7) is 4.00. The van der Waals surface area contributed by atoms with Crippen LogP contribution in [-0.4, -0.2) is 36.3 Å². The molecule has 90 valence electrons. The number of piperidine rings is 1. The van der Waals surface area contributed by atoms with Crippen LogP contribution in [0.4, 0.5) is 5.82 Å². The van der Waals surface area contributed by atoms with Crippen molar-refractivity contribution >= 4 is 5.82 Å². The first kappa shape index (κ1) is 11.8. The highest BCUT2D eigenvalue weighted by molar-refractivity contribution is 5.38. The van der Waals surface area contributed by atoms with Crippen molar-refractivity contribution < 1.29 is 4.74 Å². The summed E-state index contributed by atoms with van der Waals surface area (Å²) in [4.78, 5) is 10.4. The van der Waals surface area contributed by atoms with E-state index in [9.17, 15) is 0 Å². The molecule has 0 N–H and O–H groups in total. The average Bonchev–Trinajstić information content (AvgIpc) is 2.39. The van der Waals surface area contributed by atoms with Crippen LogP contribution in [0.3, 0.4) is 0 Å². The number of anilines is 1. The van der Waals surface area contributed by atoms with Crippen LogP contribution >= 0.6 is 0 Å². The lowest BCUT2D eigenvalue weighted by atomic mass is 9.96. The van der Waals surface area contributed by atoms with Gasteiger partial charge in [-0.05, 0) is 12.3 Å². The van der Waals surface area contributed by atoms with Gasteiger partial charge in [0.2, 0.25) is 0 Å². The Balaban J connectivity index is 2.09. The summed E-state index contributed by atoms with van der Waals surface area (Å²) < 4.78 is 5.46. The normalized spacial score (nSPS) is 24.4. The molecule has 2 atom stereocenters. The maximum absolute atomic E-state index is 8.67. The number of rotatable bonds is 2. The number of aromatic nitrogens is 2. The molecule has 0 aromatic carbocycles. The lowest BCUT2D eigenvalue weighted by Gasteiger charge is -2.36. The predicted octanol–water partition coefficient (Wildman–Crippen LogP) is 1.21. The van der Waals surface area contributed by atoms with Gasteiger partial charge in [-0.1, -0.05) is 6.92 Å². The van der Waals surface area contributed by atoms with E-state index in [0.29, 0.717) is 11.6 Å². The van der Waals surface area contributed by atoms with E-state index < -0.39 is 0 Å². The third-order valence-corrected chi connectivity index (χ3v) is 3.27. The maximum atomic E-state index is 8.67. The second kappa shape index (κ2) is 5.11. The van der Waals surface area contributed by atoms with E-state index in [2.05, 4.69) is 21.8 Å². The molecule has 1 saturated heterocycles. The molecule has 0 amide bonds. The Kier molecular flexibility index (Phi) is 3.55. The van der Waals surface area contributed by atoms with Gasteiger partial charge in [-0.2, -0.15) is 5.26 Å². The van der Waals surface area contributed by atoms with Crippen LogP contribution in [0, 0.1) is 17.2 Å². The number of methoxy groups -OCH3 is 1. The third-order valence-electron chi connectivity index (χ3n) is 3.27. The van der Waals surface area contributed by atoms with E-state index in [4.69, 9.17) is 10.00 Å². The minimum absolute atomic E-state index is 0.237. The van der Waals surface area contributed by atoms with Crippen LogP contribution in [-0.2, 0) is 4.74 Å². The second-order valence-corrected chi connectivity index (χ2v) is 4.36. The van der Waals surface area contributed by atoms with E-state index in [1.807, 2.05) is 6.07 Å². The highest BCUT2D eigenvalue weighted by atomic mass is 16.5. The predicted molar refractivity (Wildman–Crippen MR) is 63.5 cm³/mol. The molecule has 0 aliphatic carbocycles. The lowest BCUT2D eigenvalue weighted by Crippen LogP contribution is -2.44. The molecule has 2 rings (SSSR count). The van der Waals surface area contributed by atoms with Crippen molar-refractivity contribution in [1.29, 1.82) is 5.26 Å². The second-order valence-electron chi connectivity index (χ2n) is 4.36. The fourth-order valence-electron chi connectivity index (χ4n) is 2.09. The average molecular weight is 232 g/mol. The molecule has 5 nitrogen and oxygen atoms in total. The zero-order chi connectivity index (χ0) is 12.3. The summed E-state index contributed by atoms with van der Waals surface area (Å²) >= 11 is 0. The minimum Gasteiger partial charge on any atom is -0.379 e. The van der Waals surface area contributed by atoms with Crippen molar-refractivity contribution in [2.45, 2.75) is 19.4 Å². The van der Waals surface area contributed by atoms with Crippen molar-refractivity contribution in [3.8, 4) is 6.07 Å². The SMILES string of the molecule is COC1CN(c2cnc(C#N)cn2)CCC1C. The summed E-state index contributed by atoms with van der Waals surface area (Å²) in [6.07, 6.45) is 4.48. The zero-order valence-corrected chi connectivity index (χ0v) is 10.1. The molecule has 1 aliphatic rings. The van der Waals surface area contributed by atoms with Gasteiger partial charge in [-0.15, -0.1) is 0 Å². The molecule has 0 spiro atoms. The molecule has 2 heterocycles. The molecular weight excluding hydrogens is 216 g/mol. The van der Waals surface area contributed by atoms with E-state index in [-0.39, 0.29) is 6.10 Å². The van der Waals surface area contributed by atoms with E-state index in [1.54, 1.807) is 13.3 Å². The van der Waals surface area contributed by atoms with E-state index >= 15 is 0 Å². The van der Waals surface area contributed by atoms with Crippen LogP contribution in [0.15, 0.2) is 12.4 Å². The van der Waals surface area contributed by atoms with Crippen molar-refractivity contribution in [3.63, 3.8) is 0 Å². The van der Waals surface area contributed by atoms with Crippen LogP contribution in [0.1, 0.15) is 19.0 Å². The molecule has 17 heavy (non-hydrogen) atoms. The van der Waals surface area contributed by atoms with Gasteiger partial charge in [-0.3, -0.25) is 0 Å². The summed E-state index contributed by atoms with van der Waals surface area (Å²) in [7, 11) is 1.75. The first-order valence-electron chi connectivity index (χ1n) is 5.74. The molecule has 2 unspecified atom stereocenters. The Hall–Kier alpha value is -1.67. The summed E-state index contributed by atoms with van der Waals surface area (Å²) in [5, 5.41) is 8.67. The van der Waals surface area contributed by atoms with Crippen LogP contribution < -0.4 is 4.90 Å². The number of nitriles is 1. The first-order chi connectivity index (χ1) is 8.24. The lowest BCUT2D eigenvalue weighted by molar-refractivity contribution is 0.0496. The summed E-state index contributed by atoms with van der Waals surface area (Å²) in [5.74, 6) is 1.39. The number of nitrogens with zero attached hydrogens (tertiary/aromatic N) is 4. The maximum Gasteiger partial charge on any atom is 0.158 e. The Morgan fingerprint density at radius 3 is 2.88 bits per heavy atom. The van der Waals surface area contributed by atoms with Crippen molar-refractivity contribution in [2.24, 2.45) is 5.92 Å². The number of hydrogen-bond acceptors (Lipinski definition) is 5. The highest BCUT2D eigenvalue weighted by Gasteiger charge is 2.26. The number of hydrogen-bond donors (Lipinski definition) is 0. The molecule has 1 aromatic rings. The molecule has 0 saturated carbocycles. The van der Waals surface area contributed by atoms with Gasteiger partial charge < -0.3 is 9.64 Å². The molecule has 0 radical (unpaired) electrons. The quantitative estimate of drug-likeness (QED) is 0.767. The van der Waals surface area contributed by atoms with Crippen molar-refractivity contribution in [1.82, 2.24) is 9.97 Å². The Morgan fingerprint density at radius 1 is 1.47 bits per heavy atom. The van der Waals surface area contributed by atoms with Gasteiger partial charge in [0.15, 0.2) is 5.69 Å². The largest absolute Gasteiger partial charge is 0.379 e. The van der Waals surface area contributed by atoms with E-state index in [0.717, 1.165) is 25.3 Å². The smallest absolute Gasteiger partial charge is 0.158 e. The monoisotopic (exact) mass is 232 g/mol. The Labute approximate surface area is 101 Å². The fourth-order valence-corrected chi connectivity index (χ4v) is 2.09. The summed E-state index contributed by atoms with van der Waals surface area (Å²) in [5.41, 5.74) is 0.349. The number of ether oxygens (including phenoxy) is 1. The van der Waals surface area contributed by atoms with Crippen LogP contribution in [0.2, 0.25) is 0 Å². The van der Waals surface area contributed by atoms with Crippen LogP contribution in [0.25, 0.3) is 0 Å². The van der Waals surface area contributed by atoms with Gasteiger partial charge in [0.25, 0.3) is 0 Å². The molecule has 1 fully saturated rings. The van der Waals surface area contributed by atoms with Gasteiger partial charge in [0, 0.05) is 20.2 Å². The molecular formula is C12H16N4O. The minimum atomic E-state index is 0.237. The van der Waals surface area contributed by atoms with Crippen LogP contribution in [0.5, 0.6) is 0 Å². The summed E-state index contributed by atoms with van der Waals surface area (Å²) in [6, 6.07) is 1.97. The Morgan fingerprint density at radius 2 is 2.29 bits per heavy atom. The third kappa shape index (κ3) is 2.53. The van der Waals surface area contributed by atoms with Crippen molar-refractivity contribution in [2.75, 3.05) is 25.1 Å². The van der Waals surface area contributed by atoms with Gasteiger partial charge >= 0.3 is 0 Å². The Bertz CT molecular complexity index is 412. The van der Waals surface area contributed by atoms with Gasteiger partial charge in [-0.25, -0.2) is 9.97 Å². The van der Waals surface area contributed by atoms with Crippen molar-refractivity contribution in [3.05, 3.63) is 18.1 Å². The zero-order valence-electron chi connectivity index (χ0n) is 10.1. The highest BCUT2D eigenvalue weighted by Crippen LogP contribution is 2.22. The molecule has 1 aromatic heterocycles. The molecule has 5 heteroatoms. The van der Waals surface area contributed by atoms with Gasteiger partial charge in [0.05, 0.1) is 18.5 Å². The van der Waals surface area contributed by atoms with E-state index in [1.165, 1.54) is 6.20 Å². The molecule has 1 aliphatic heterocycles. The first-order valence-corrected chi connectivity index (χ1v) is 5.74. The standard InChI is InChI=1S/C12H16N4O/c1-9-3-4-16(8-11(9)17-2)12-7-14-10(5-13)6-15-12/h6-7,9,11H,3-4,8H2,1-2H3.